The first-order valence-electron chi connectivity index (χ1n) is 12.5. The smallest absolute Gasteiger partial charge is 0.324 e. The monoisotopic (exact) mass is 418 g/mol. The third-order valence-corrected chi connectivity index (χ3v) is 7.39. The Balaban J connectivity index is 3.43. The summed E-state index contributed by atoms with van der Waals surface area (Å²) in [6, 6.07) is 0. The van der Waals surface area contributed by atoms with Gasteiger partial charge >= 0.3 is 7.60 Å². The fourth-order valence-electron chi connectivity index (χ4n) is 3.80. The minimum atomic E-state index is -3.39. The van der Waals surface area contributed by atoms with Gasteiger partial charge in [0, 0.05) is 0 Å². The first-order chi connectivity index (χ1) is 13.6. The van der Waals surface area contributed by atoms with Gasteiger partial charge in [-0.15, -0.1) is 0 Å². The summed E-state index contributed by atoms with van der Waals surface area (Å²) < 4.78 is 17.6. The second-order valence-corrected chi connectivity index (χ2v) is 10.6. The Hall–Kier alpha value is 0.150. The summed E-state index contributed by atoms with van der Waals surface area (Å²) in [6.45, 7) is 6.98. The molecule has 0 saturated carbocycles. The second-order valence-electron chi connectivity index (χ2n) is 8.67. The Bertz CT molecular complexity index is 360. The van der Waals surface area contributed by atoms with E-state index in [2.05, 4.69) is 20.8 Å². The van der Waals surface area contributed by atoms with Gasteiger partial charge in [0.2, 0.25) is 0 Å². The van der Waals surface area contributed by atoms with Crippen LogP contribution in [0.2, 0.25) is 0 Å². The van der Waals surface area contributed by atoms with E-state index >= 15 is 0 Å². The molecule has 0 spiro atoms. The minimum absolute atomic E-state index is 0.326. The van der Waals surface area contributed by atoms with E-state index in [9.17, 15) is 9.46 Å². The van der Waals surface area contributed by atoms with Gasteiger partial charge in [-0.25, -0.2) is 0 Å². The molecule has 0 aliphatic heterocycles. The quantitative estimate of drug-likeness (QED) is 0.141. The van der Waals surface area contributed by atoms with E-state index in [1.807, 2.05) is 0 Å². The molecule has 0 aromatic rings. The average Bonchev–Trinajstić information content (AvgIpc) is 2.68. The predicted molar refractivity (Wildman–Crippen MR) is 124 cm³/mol. The van der Waals surface area contributed by atoms with Gasteiger partial charge in [0.1, 0.15) is 0 Å². The van der Waals surface area contributed by atoms with Crippen molar-refractivity contribution in [2.75, 3.05) is 12.8 Å². The lowest BCUT2D eigenvalue weighted by atomic mass is 10.0. The van der Waals surface area contributed by atoms with Crippen molar-refractivity contribution in [3.8, 4) is 0 Å². The van der Waals surface area contributed by atoms with E-state index in [1.54, 1.807) is 0 Å². The molecule has 0 bridgehead atoms. The molecule has 1 N–H and O–H groups in total. The Labute approximate surface area is 177 Å². The summed E-state index contributed by atoms with van der Waals surface area (Å²) in [5.41, 5.74) is 0. The van der Waals surface area contributed by atoms with Crippen molar-refractivity contribution in [1.82, 2.24) is 0 Å². The molecule has 0 aromatic carbocycles. The molecule has 0 amide bonds. The van der Waals surface area contributed by atoms with Crippen LogP contribution >= 0.6 is 7.60 Å². The lowest BCUT2D eigenvalue weighted by molar-refractivity contribution is 0.246. The molecule has 0 aliphatic carbocycles. The van der Waals surface area contributed by atoms with E-state index in [-0.39, 0.29) is 0 Å². The second kappa shape index (κ2) is 20.4. The van der Waals surface area contributed by atoms with Gasteiger partial charge in [-0.3, -0.25) is 4.57 Å². The molecule has 2 unspecified atom stereocenters. The van der Waals surface area contributed by atoms with E-state index in [1.165, 1.54) is 77.0 Å². The van der Waals surface area contributed by atoms with Crippen LogP contribution in [0, 0.1) is 5.92 Å². The highest BCUT2D eigenvalue weighted by molar-refractivity contribution is 7.52. The summed E-state index contributed by atoms with van der Waals surface area (Å²) in [6.07, 6.45) is 23.1. The SMILES string of the molecule is CCCCCCCCCCCCCCCCOP(=O)(O)CC(CC)CCCC. The number of hydrogen-bond donors (Lipinski definition) is 1. The molecule has 0 aliphatic rings. The first-order valence-corrected chi connectivity index (χ1v) is 14.3. The molecule has 170 valence electrons. The molecule has 4 heteroatoms. The number of unbranched alkanes of at least 4 members (excludes halogenated alkanes) is 14. The highest BCUT2D eigenvalue weighted by Crippen LogP contribution is 2.45. The van der Waals surface area contributed by atoms with Crippen LogP contribution in [-0.2, 0) is 9.09 Å². The Morgan fingerprint density at radius 2 is 1.11 bits per heavy atom. The zero-order chi connectivity index (χ0) is 20.9. The topological polar surface area (TPSA) is 46.5 Å². The molecule has 0 aromatic heterocycles. The molecule has 28 heavy (non-hydrogen) atoms. The van der Waals surface area contributed by atoms with Crippen LogP contribution in [0.25, 0.3) is 0 Å². The van der Waals surface area contributed by atoms with Crippen LogP contribution in [0.15, 0.2) is 0 Å². The lowest BCUT2D eigenvalue weighted by Gasteiger charge is -2.18. The fourth-order valence-corrected chi connectivity index (χ4v) is 5.41. The lowest BCUT2D eigenvalue weighted by Crippen LogP contribution is -2.08. The van der Waals surface area contributed by atoms with E-state index in [4.69, 9.17) is 4.52 Å². The van der Waals surface area contributed by atoms with E-state index < -0.39 is 7.60 Å². The van der Waals surface area contributed by atoms with Crippen LogP contribution < -0.4 is 0 Å². The summed E-state index contributed by atoms with van der Waals surface area (Å²) in [7, 11) is -3.39. The highest BCUT2D eigenvalue weighted by Gasteiger charge is 2.23. The molecular formula is C24H51O3P. The van der Waals surface area contributed by atoms with Gasteiger partial charge < -0.3 is 9.42 Å². The van der Waals surface area contributed by atoms with Crippen LogP contribution in [0.5, 0.6) is 0 Å². The van der Waals surface area contributed by atoms with Gasteiger partial charge in [-0.1, -0.05) is 124 Å². The van der Waals surface area contributed by atoms with Crippen LogP contribution in [0.4, 0.5) is 0 Å². The van der Waals surface area contributed by atoms with Gasteiger partial charge in [0.05, 0.1) is 12.8 Å². The standard InChI is InChI=1S/C24H51O3P/c1-4-7-9-10-11-12-13-14-15-16-17-18-19-20-22-27-28(25,26)23-24(6-3)21-8-5-2/h24H,4-23H2,1-3H3,(H,25,26). The average molecular weight is 419 g/mol. The van der Waals surface area contributed by atoms with E-state index in [0.29, 0.717) is 18.7 Å². The zero-order valence-corrected chi connectivity index (χ0v) is 20.3. The van der Waals surface area contributed by atoms with Crippen molar-refractivity contribution < 1.29 is 14.0 Å². The molecule has 0 heterocycles. The van der Waals surface area contributed by atoms with Crippen LogP contribution in [0.1, 0.15) is 136 Å². The maximum absolute atomic E-state index is 12.2. The molecule has 3 nitrogen and oxygen atoms in total. The maximum Gasteiger partial charge on any atom is 0.328 e. The van der Waals surface area contributed by atoms with Gasteiger partial charge in [0.25, 0.3) is 0 Å². The molecule has 0 rings (SSSR count). The third-order valence-electron chi connectivity index (χ3n) is 5.82. The van der Waals surface area contributed by atoms with E-state index in [0.717, 1.165) is 38.5 Å². The van der Waals surface area contributed by atoms with Crippen LogP contribution in [-0.4, -0.2) is 17.7 Å². The highest BCUT2D eigenvalue weighted by atomic mass is 31.2. The predicted octanol–water partition coefficient (Wildman–Crippen LogP) is 8.89. The third kappa shape index (κ3) is 19.5. The van der Waals surface area contributed by atoms with Gasteiger partial charge in [0.15, 0.2) is 0 Å². The molecule has 0 radical (unpaired) electrons. The minimum Gasteiger partial charge on any atom is -0.324 e. The zero-order valence-electron chi connectivity index (χ0n) is 19.4. The summed E-state index contributed by atoms with van der Waals surface area (Å²) in [5, 5.41) is 0. The Morgan fingerprint density at radius 1 is 0.679 bits per heavy atom. The van der Waals surface area contributed by atoms with Crippen molar-refractivity contribution in [3.05, 3.63) is 0 Å². The largest absolute Gasteiger partial charge is 0.328 e. The van der Waals surface area contributed by atoms with Crippen molar-refractivity contribution in [3.63, 3.8) is 0 Å². The van der Waals surface area contributed by atoms with Crippen molar-refractivity contribution >= 4 is 7.60 Å². The molecule has 0 saturated heterocycles. The fraction of sp³-hybridized carbons (Fsp3) is 1.00. The molecule has 2 atom stereocenters. The number of hydrogen-bond acceptors (Lipinski definition) is 2. The Morgan fingerprint density at radius 3 is 1.54 bits per heavy atom. The number of rotatable bonds is 22. The summed E-state index contributed by atoms with van der Waals surface area (Å²) in [4.78, 5) is 10.1. The van der Waals surface area contributed by atoms with Crippen LogP contribution in [0.3, 0.4) is 0 Å². The van der Waals surface area contributed by atoms with Gasteiger partial charge in [-0.05, 0) is 18.8 Å². The molecule has 0 fully saturated rings. The van der Waals surface area contributed by atoms with Crippen molar-refractivity contribution in [2.24, 2.45) is 5.92 Å². The van der Waals surface area contributed by atoms with Crippen molar-refractivity contribution in [2.45, 2.75) is 136 Å². The Kier molecular flexibility index (Phi) is 20.5. The maximum atomic E-state index is 12.2. The summed E-state index contributed by atoms with van der Waals surface area (Å²) in [5.74, 6) is 0.326. The summed E-state index contributed by atoms with van der Waals surface area (Å²) >= 11 is 0. The molecular weight excluding hydrogens is 367 g/mol. The van der Waals surface area contributed by atoms with Gasteiger partial charge in [-0.2, -0.15) is 0 Å². The first kappa shape index (κ1) is 28.1. The normalized spacial score (nSPS) is 14.9. The van der Waals surface area contributed by atoms with Crippen molar-refractivity contribution in [1.29, 1.82) is 0 Å².